The highest BCUT2D eigenvalue weighted by atomic mass is 32.2. The quantitative estimate of drug-likeness (QED) is 0.736. The van der Waals surface area contributed by atoms with Crippen LogP contribution in [0.4, 0.5) is 13.2 Å². The smallest absolute Gasteiger partial charge is 0.475 e. The van der Waals surface area contributed by atoms with Gasteiger partial charge in [0, 0.05) is 38.6 Å². The maximum atomic E-state index is 12.6. The molecule has 0 radical (unpaired) electrons. The zero-order chi connectivity index (χ0) is 22.9. The molecule has 172 valence electrons. The van der Waals surface area contributed by atoms with Gasteiger partial charge in [-0.05, 0) is 49.7 Å². The van der Waals surface area contributed by atoms with Gasteiger partial charge in [-0.2, -0.15) is 13.2 Å². The molecule has 1 N–H and O–H groups in total. The molecule has 1 spiro atoms. The van der Waals surface area contributed by atoms with E-state index in [9.17, 15) is 26.4 Å². The Balaban J connectivity index is 0.000000339. The number of amides is 1. The first-order valence-electron chi connectivity index (χ1n) is 9.93. The number of carbonyl (C=O) groups excluding carboxylic acids is 1. The number of aliphatic carboxylic acids is 1. The number of pyridine rings is 1. The molecule has 4 rings (SSSR count). The summed E-state index contributed by atoms with van der Waals surface area (Å²) in [6, 6.07) is 3.57. The monoisotopic (exact) mass is 463 g/mol. The number of alkyl halides is 3. The molecule has 2 saturated heterocycles. The average molecular weight is 463 g/mol. The van der Waals surface area contributed by atoms with Crippen LogP contribution in [0.15, 0.2) is 24.5 Å². The Morgan fingerprint density at radius 1 is 1.13 bits per heavy atom. The first-order valence-corrected chi connectivity index (χ1v) is 11.4. The van der Waals surface area contributed by atoms with E-state index in [1.54, 1.807) is 28.8 Å². The molecule has 0 aromatic carbocycles. The van der Waals surface area contributed by atoms with Crippen molar-refractivity contribution in [3.05, 3.63) is 30.1 Å². The number of carbonyl (C=O) groups is 2. The van der Waals surface area contributed by atoms with Gasteiger partial charge in [0.1, 0.15) is 0 Å². The Morgan fingerprint density at radius 3 is 2.19 bits per heavy atom. The van der Waals surface area contributed by atoms with E-state index in [0.29, 0.717) is 18.7 Å². The molecule has 1 amide bonds. The zero-order valence-corrected chi connectivity index (χ0v) is 17.5. The summed E-state index contributed by atoms with van der Waals surface area (Å²) in [5.74, 6) is -2.72. The van der Waals surface area contributed by atoms with Gasteiger partial charge in [0.25, 0.3) is 5.91 Å². The molecule has 1 aliphatic carbocycles. The summed E-state index contributed by atoms with van der Waals surface area (Å²) >= 11 is 0. The van der Waals surface area contributed by atoms with Crippen molar-refractivity contribution in [3.63, 3.8) is 0 Å². The normalized spacial score (nSPS) is 21.5. The van der Waals surface area contributed by atoms with E-state index in [1.165, 1.54) is 0 Å². The second-order valence-electron chi connectivity index (χ2n) is 8.16. The third-order valence-electron chi connectivity index (χ3n) is 5.97. The number of likely N-dealkylation sites (tertiary alicyclic amines) is 1. The standard InChI is InChI=1S/C17H23N3O3S.C2HF3O2/c21-16(14-2-1-8-18-12-14)19-9-5-17(13-19)6-10-20(11-7-17)24(22,23)15-3-4-15;3-2(4,5)1(6)7/h1-2,8,12,15H,3-7,9-11,13H2;(H,6,7). The largest absolute Gasteiger partial charge is 0.490 e. The number of carboxylic acids is 1. The fourth-order valence-corrected chi connectivity index (χ4v) is 5.83. The first kappa shape index (κ1) is 23.5. The van der Waals surface area contributed by atoms with Crippen LogP contribution >= 0.6 is 0 Å². The maximum absolute atomic E-state index is 12.6. The number of hydrogen-bond acceptors (Lipinski definition) is 5. The number of carboxylic acid groups (broad SMARTS) is 1. The molecule has 0 atom stereocenters. The summed E-state index contributed by atoms with van der Waals surface area (Å²) in [6.07, 6.45) is 2.51. The summed E-state index contributed by atoms with van der Waals surface area (Å²) < 4.78 is 58.1. The second-order valence-corrected chi connectivity index (χ2v) is 10.4. The molecule has 12 heteroatoms. The minimum absolute atomic E-state index is 0.0352. The van der Waals surface area contributed by atoms with Gasteiger partial charge in [0.15, 0.2) is 0 Å². The number of halogens is 3. The van der Waals surface area contributed by atoms with Gasteiger partial charge >= 0.3 is 12.1 Å². The van der Waals surface area contributed by atoms with Gasteiger partial charge in [-0.1, -0.05) is 0 Å². The van der Waals surface area contributed by atoms with Gasteiger partial charge in [-0.25, -0.2) is 17.5 Å². The van der Waals surface area contributed by atoms with Crippen LogP contribution in [0.1, 0.15) is 42.5 Å². The Morgan fingerprint density at radius 2 is 1.71 bits per heavy atom. The van der Waals surface area contributed by atoms with Crippen LogP contribution in [0.25, 0.3) is 0 Å². The zero-order valence-electron chi connectivity index (χ0n) is 16.7. The van der Waals surface area contributed by atoms with E-state index in [4.69, 9.17) is 9.90 Å². The first-order chi connectivity index (χ1) is 14.4. The van der Waals surface area contributed by atoms with Gasteiger partial charge in [-0.3, -0.25) is 9.78 Å². The van der Waals surface area contributed by atoms with E-state index in [1.807, 2.05) is 4.90 Å². The van der Waals surface area contributed by atoms with Crippen molar-refractivity contribution in [1.82, 2.24) is 14.2 Å². The molecule has 1 saturated carbocycles. The topological polar surface area (TPSA) is 108 Å². The molecular formula is C19H24F3N3O5S. The van der Waals surface area contributed by atoms with E-state index < -0.39 is 22.2 Å². The van der Waals surface area contributed by atoms with Crippen molar-refractivity contribution in [2.75, 3.05) is 26.2 Å². The Hall–Kier alpha value is -2.21. The fraction of sp³-hybridized carbons (Fsp3) is 0.632. The molecule has 3 heterocycles. The van der Waals surface area contributed by atoms with Crippen molar-refractivity contribution >= 4 is 21.9 Å². The van der Waals surface area contributed by atoms with E-state index in [2.05, 4.69) is 4.98 Å². The number of rotatable bonds is 3. The number of hydrogen-bond donors (Lipinski definition) is 1. The molecule has 1 aromatic heterocycles. The summed E-state index contributed by atoms with van der Waals surface area (Å²) in [5, 5.41) is 7.00. The molecule has 8 nitrogen and oxygen atoms in total. The summed E-state index contributed by atoms with van der Waals surface area (Å²) in [4.78, 5) is 27.4. The minimum Gasteiger partial charge on any atom is -0.475 e. The highest BCUT2D eigenvalue weighted by molar-refractivity contribution is 7.90. The predicted octanol–water partition coefficient (Wildman–Crippen LogP) is 2.14. The van der Waals surface area contributed by atoms with Crippen LogP contribution < -0.4 is 0 Å². The molecular weight excluding hydrogens is 439 g/mol. The Kier molecular flexibility index (Phi) is 6.61. The number of sulfonamides is 1. The second kappa shape index (κ2) is 8.73. The van der Waals surface area contributed by atoms with Crippen molar-refractivity contribution in [1.29, 1.82) is 0 Å². The molecule has 0 unspecified atom stereocenters. The summed E-state index contributed by atoms with van der Waals surface area (Å²) in [5.41, 5.74) is 0.719. The highest BCUT2D eigenvalue weighted by Crippen LogP contribution is 2.42. The van der Waals surface area contributed by atoms with Crippen molar-refractivity contribution < 1.29 is 36.3 Å². The lowest BCUT2D eigenvalue weighted by atomic mass is 9.78. The highest BCUT2D eigenvalue weighted by Gasteiger charge is 2.47. The third-order valence-corrected chi connectivity index (χ3v) is 8.36. The maximum Gasteiger partial charge on any atom is 0.490 e. The van der Waals surface area contributed by atoms with Gasteiger partial charge in [-0.15, -0.1) is 0 Å². The third kappa shape index (κ3) is 5.53. The Bertz CT molecular complexity index is 911. The lowest BCUT2D eigenvalue weighted by molar-refractivity contribution is -0.192. The van der Waals surface area contributed by atoms with Crippen LogP contribution in [0.3, 0.4) is 0 Å². The average Bonchev–Trinajstić information content (AvgIpc) is 3.51. The van der Waals surface area contributed by atoms with Crippen molar-refractivity contribution in [3.8, 4) is 0 Å². The number of piperidine rings is 1. The van der Waals surface area contributed by atoms with Gasteiger partial charge in [0.05, 0.1) is 10.8 Å². The van der Waals surface area contributed by atoms with Gasteiger partial charge in [0.2, 0.25) is 10.0 Å². The molecule has 2 aliphatic heterocycles. The van der Waals surface area contributed by atoms with E-state index >= 15 is 0 Å². The fourth-order valence-electron chi connectivity index (χ4n) is 3.98. The molecule has 0 bridgehead atoms. The SMILES string of the molecule is O=C(O)C(F)(F)F.O=C(c1cccnc1)N1CCC2(CCN(S(=O)(=O)C3CC3)CC2)C1. The van der Waals surface area contributed by atoms with Crippen LogP contribution in [-0.2, 0) is 14.8 Å². The lowest BCUT2D eigenvalue weighted by Crippen LogP contribution is -2.45. The summed E-state index contributed by atoms with van der Waals surface area (Å²) in [7, 11) is -3.06. The molecule has 1 aromatic rings. The van der Waals surface area contributed by atoms with Crippen LogP contribution in [0, 0.1) is 5.41 Å². The Labute approximate surface area is 178 Å². The van der Waals surface area contributed by atoms with E-state index in [-0.39, 0.29) is 16.6 Å². The van der Waals surface area contributed by atoms with Crippen LogP contribution in [0.5, 0.6) is 0 Å². The summed E-state index contributed by atoms with van der Waals surface area (Å²) in [6.45, 7) is 2.70. The van der Waals surface area contributed by atoms with Crippen LogP contribution in [0.2, 0.25) is 0 Å². The van der Waals surface area contributed by atoms with Crippen molar-refractivity contribution in [2.24, 2.45) is 5.41 Å². The van der Waals surface area contributed by atoms with E-state index in [0.717, 1.165) is 45.2 Å². The van der Waals surface area contributed by atoms with Gasteiger partial charge < -0.3 is 10.0 Å². The minimum atomic E-state index is -5.08. The van der Waals surface area contributed by atoms with Crippen LogP contribution in [-0.4, -0.2) is 77.2 Å². The lowest BCUT2D eigenvalue weighted by Gasteiger charge is -2.38. The number of aromatic nitrogens is 1. The molecule has 3 aliphatic rings. The number of nitrogens with zero attached hydrogens (tertiary/aromatic N) is 3. The molecule has 31 heavy (non-hydrogen) atoms. The van der Waals surface area contributed by atoms with Crippen molar-refractivity contribution in [2.45, 2.75) is 43.5 Å². The predicted molar refractivity (Wildman–Crippen MR) is 104 cm³/mol. The molecule has 3 fully saturated rings.